The predicted molar refractivity (Wildman–Crippen MR) is 75.2 cm³/mol. The van der Waals surface area contributed by atoms with E-state index < -0.39 is 0 Å². The lowest BCUT2D eigenvalue weighted by Crippen LogP contribution is -2.62. The molecule has 0 radical (unpaired) electrons. The quantitative estimate of drug-likeness (QED) is 0.903. The maximum atomic E-state index is 4.40. The van der Waals surface area contributed by atoms with Gasteiger partial charge in [0.2, 0.25) is 5.95 Å². The van der Waals surface area contributed by atoms with E-state index in [0.717, 1.165) is 32.1 Å². The van der Waals surface area contributed by atoms with E-state index in [-0.39, 0.29) is 5.54 Å². The molecule has 2 aliphatic heterocycles. The van der Waals surface area contributed by atoms with Crippen LogP contribution in [0.25, 0.3) is 0 Å². The number of imidazole rings is 1. The highest BCUT2D eigenvalue weighted by Gasteiger charge is 2.50. The summed E-state index contributed by atoms with van der Waals surface area (Å²) in [4.78, 5) is 20.9. The van der Waals surface area contributed by atoms with E-state index in [2.05, 4.69) is 29.7 Å². The second-order valence-electron chi connectivity index (χ2n) is 5.71. The van der Waals surface area contributed by atoms with Crippen molar-refractivity contribution in [3.8, 4) is 0 Å². The number of nitrogens with zero attached hydrogens (tertiary/aromatic N) is 5. The van der Waals surface area contributed by atoms with Crippen molar-refractivity contribution in [2.24, 2.45) is 0 Å². The van der Waals surface area contributed by atoms with Crippen LogP contribution in [0.3, 0.4) is 0 Å². The van der Waals surface area contributed by atoms with Gasteiger partial charge in [-0.05, 0) is 18.9 Å². The number of aromatic nitrogens is 4. The average Bonchev–Trinajstić information content (AvgIpc) is 3.10. The van der Waals surface area contributed by atoms with Gasteiger partial charge in [-0.25, -0.2) is 15.0 Å². The van der Waals surface area contributed by atoms with Crippen molar-refractivity contribution in [1.82, 2.24) is 24.8 Å². The first-order valence-electron chi connectivity index (χ1n) is 7.10. The van der Waals surface area contributed by atoms with Crippen molar-refractivity contribution in [2.75, 3.05) is 24.5 Å². The Morgan fingerprint density at radius 1 is 1.20 bits per heavy atom. The van der Waals surface area contributed by atoms with Crippen LogP contribution >= 0.6 is 0 Å². The average molecular weight is 270 g/mol. The number of nitrogens with one attached hydrogen (secondary N) is 1. The molecule has 2 aromatic rings. The van der Waals surface area contributed by atoms with Crippen LogP contribution < -0.4 is 4.90 Å². The molecular weight excluding hydrogens is 252 g/mol. The van der Waals surface area contributed by atoms with E-state index in [1.807, 2.05) is 24.7 Å². The van der Waals surface area contributed by atoms with E-state index in [4.69, 9.17) is 0 Å². The summed E-state index contributed by atoms with van der Waals surface area (Å²) in [7, 11) is 0. The molecule has 104 valence electrons. The van der Waals surface area contributed by atoms with E-state index in [0.29, 0.717) is 0 Å². The highest BCUT2D eigenvalue weighted by atomic mass is 15.4. The maximum Gasteiger partial charge on any atom is 0.225 e. The van der Waals surface area contributed by atoms with Crippen molar-refractivity contribution in [3.05, 3.63) is 36.7 Å². The molecule has 1 spiro atoms. The van der Waals surface area contributed by atoms with Gasteiger partial charge in [-0.3, -0.25) is 4.90 Å². The smallest absolute Gasteiger partial charge is 0.225 e. The summed E-state index contributed by atoms with van der Waals surface area (Å²) in [6, 6.07) is 1.87. The molecule has 1 atom stereocenters. The van der Waals surface area contributed by atoms with Gasteiger partial charge < -0.3 is 9.88 Å². The van der Waals surface area contributed by atoms with Gasteiger partial charge >= 0.3 is 0 Å². The highest BCUT2D eigenvalue weighted by molar-refractivity contribution is 5.41. The summed E-state index contributed by atoms with van der Waals surface area (Å²) in [5.41, 5.74) is 1.44. The molecular formula is C14H18N6. The molecule has 0 unspecified atom stereocenters. The molecule has 0 bridgehead atoms. The van der Waals surface area contributed by atoms with Crippen LogP contribution in [-0.4, -0.2) is 50.0 Å². The number of H-pyrrole nitrogens is 1. The van der Waals surface area contributed by atoms with Gasteiger partial charge in [-0.1, -0.05) is 0 Å². The Balaban J connectivity index is 1.47. The summed E-state index contributed by atoms with van der Waals surface area (Å²) in [5.74, 6) is 0.877. The number of rotatable bonds is 3. The zero-order valence-electron chi connectivity index (χ0n) is 11.4. The SMILES string of the molecule is c1cnc(N2CC[C@]23CCN(Cc2cnc[nH]2)C3)nc1. The number of hydrogen-bond donors (Lipinski definition) is 1. The van der Waals surface area contributed by atoms with Gasteiger partial charge in [0.1, 0.15) is 0 Å². The molecule has 1 N–H and O–H groups in total. The Morgan fingerprint density at radius 3 is 2.75 bits per heavy atom. The maximum absolute atomic E-state index is 4.40. The van der Waals surface area contributed by atoms with Crippen molar-refractivity contribution in [3.63, 3.8) is 0 Å². The van der Waals surface area contributed by atoms with Crippen LogP contribution in [-0.2, 0) is 6.54 Å². The van der Waals surface area contributed by atoms with Crippen LogP contribution in [0.4, 0.5) is 5.95 Å². The molecule has 6 nitrogen and oxygen atoms in total. The standard InChI is InChI=1S/C14H18N6/c1-4-16-13(17-5-1)20-7-3-14(20)2-6-19(10-14)9-12-8-15-11-18-12/h1,4-5,8,11H,2-3,6-7,9-10H2,(H,15,18)/t14-/m0/s1. The fourth-order valence-corrected chi connectivity index (χ4v) is 3.39. The molecule has 4 heterocycles. The third-order valence-electron chi connectivity index (χ3n) is 4.53. The molecule has 2 aromatic heterocycles. The predicted octanol–water partition coefficient (Wildman–Crippen LogP) is 1.05. The van der Waals surface area contributed by atoms with Crippen molar-refractivity contribution >= 4 is 5.95 Å². The molecule has 0 aromatic carbocycles. The molecule has 4 rings (SSSR count). The third kappa shape index (κ3) is 1.87. The zero-order valence-corrected chi connectivity index (χ0v) is 11.4. The largest absolute Gasteiger partial charge is 0.347 e. The summed E-state index contributed by atoms with van der Waals surface area (Å²) in [5, 5.41) is 0. The fourth-order valence-electron chi connectivity index (χ4n) is 3.39. The molecule has 2 aliphatic rings. The number of likely N-dealkylation sites (tertiary alicyclic amines) is 1. The lowest BCUT2D eigenvalue weighted by atomic mass is 9.84. The first-order chi connectivity index (χ1) is 9.86. The Labute approximate surface area is 117 Å². The Bertz CT molecular complexity index is 569. The Kier molecular flexibility index (Phi) is 2.70. The Morgan fingerprint density at radius 2 is 2.05 bits per heavy atom. The minimum absolute atomic E-state index is 0.251. The van der Waals surface area contributed by atoms with Gasteiger partial charge in [-0.2, -0.15) is 0 Å². The second-order valence-corrected chi connectivity index (χ2v) is 5.71. The second kappa shape index (κ2) is 4.56. The molecule has 0 aliphatic carbocycles. The van der Waals surface area contributed by atoms with E-state index in [1.54, 1.807) is 6.33 Å². The van der Waals surface area contributed by atoms with Gasteiger partial charge in [0.15, 0.2) is 0 Å². The van der Waals surface area contributed by atoms with Crippen molar-refractivity contribution < 1.29 is 0 Å². The minimum Gasteiger partial charge on any atom is -0.347 e. The summed E-state index contributed by atoms with van der Waals surface area (Å²) in [6.07, 6.45) is 9.74. The van der Waals surface area contributed by atoms with Crippen LogP contribution in [0.1, 0.15) is 18.5 Å². The van der Waals surface area contributed by atoms with Crippen molar-refractivity contribution in [1.29, 1.82) is 0 Å². The molecule has 6 heteroatoms. The topological polar surface area (TPSA) is 60.9 Å². The van der Waals surface area contributed by atoms with Crippen LogP contribution in [0.2, 0.25) is 0 Å². The Hall–Kier alpha value is -1.95. The molecule has 0 saturated carbocycles. The molecule has 2 saturated heterocycles. The van der Waals surface area contributed by atoms with Crippen LogP contribution in [0, 0.1) is 0 Å². The summed E-state index contributed by atoms with van der Waals surface area (Å²) in [6.45, 7) is 4.24. The summed E-state index contributed by atoms with van der Waals surface area (Å²) >= 11 is 0. The monoisotopic (exact) mass is 270 g/mol. The number of aromatic amines is 1. The van der Waals surface area contributed by atoms with Crippen molar-refractivity contribution in [2.45, 2.75) is 24.9 Å². The van der Waals surface area contributed by atoms with Crippen LogP contribution in [0.5, 0.6) is 0 Å². The van der Waals surface area contributed by atoms with E-state index >= 15 is 0 Å². The first-order valence-corrected chi connectivity index (χ1v) is 7.10. The lowest BCUT2D eigenvalue weighted by molar-refractivity contribution is 0.242. The van der Waals surface area contributed by atoms with Gasteiger partial charge in [0, 0.05) is 50.5 Å². The minimum atomic E-state index is 0.251. The first kappa shape index (κ1) is 11.8. The molecule has 20 heavy (non-hydrogen) atoms. The van der Waals surface area contributed by atoms with Gasteiger partial charge in [0.25, 0.3) is 0 Å². The lowest BCUT2D eigenvalue weighted by Gasteiger charge is -2.50. The normalized spacial score (nSPS) is 26.1. The van der Waals surface area contributed by atoms with E-state index in [1.165, 1.54) is 18.5 Å². The van der Waals surface area contributed by atoms with Crippen LogP contribution in [0.15, 0.2) is 31.0 Å². The van der Waals surface area contributed by atoms with E-state index in [9.17, 15) is 0 Å². The fraction of sp³-hybridized carbons (Fsp3) is 0.500. The molecule has 2 fully saturated rings. The van der Waals surface area contributed by atoms with Gasteiger partial charge in [-0.15, -0.1) is 0 Å². The summed E-state index contributed by atoms with van der Waals surface area (Å²) < 4.78 is 0. The third-order valence-corrected chi connectivity index (χ3v) is 4.53. The number of anilines is 1. The van der Waals surface area contributed by atoms with Gasteiger partial charge in [0.05, 0.1) is 11.9 Å². The number of hydrogen-bond acceptors (Lipinski definition) is 5. The zero-order chi connectivity index (χ0) is 13.4. The highest BCUT2D eigenvalue weighted by Crippen LogP contribution is 2.41. The molecule has 0 amide bonds.